The van der Waals surface area contributed by atoms with Crippen molar-refractivity contribution in [2.75, 3.05) is 25.6 Å². The monoisotopic (exact) mass is 1050 g/mol. The van der Waals surface area contributed by atoms with Crippen LogP contribution in [0.1, 0.15) is 155 Å². The highest BCUT2D eigenvalue weighted by Gasteiger charge is 2.45. The number of anilines is 1. The molecule has 23 heteroatoms. The number of ether oxygens (including phenoxy) is 3. The van der Waals surface area contributed by atoms with Gasteiger partial charge in [-0.05, 0) is 51.0 Å². The number of fused-ring (bicyclic) bond motifs is 3. The van der Waals surface area contributed by atoms with Crippen LogP contribution in [-0.2, 0) is 46.3 Å². The molecule has 1 aromatic heterocycles. The minimum Gasteiger partial charge on any atom is -0.461 e. The van der Waals surface area contributed by atoms with Crippen molar-refractivity contribution in [3.63, 3.8) is 0 Å². The average Bonchev–Trinajstić information content (AvgIpc) is 3.30. The van der Waals surface area contributed by atoms with Crippen molar-refractivity contribution >= 4 is 33.4 Å². The highest BCUT2D eigenvalue weighted by atomic mass is 31.3. The number of unbranched alkanes of at least 4 members (excludes halogenated alkanes) is 13. The van der Waals surface area contributed by atoms with Gasteiger partial charge in [0.15, 0.2) is 6.10 Å². The van der Waals surface area contributed by atoms with E-state index in [0.717, 1.165) is 62.1 Å². The summed E-state index contributed by atoms with van der Waals surface area (Å²) < 4.78 is 58.7. The van der Waals surface area contributed by atoms with Crippen molar-refractivity contribution in [2.45, 2.75) is 198 Å². The molecular weight excluding hydrogens is 968 g/mol. The van der Waals surface area contributed by atoms with Gasteiger partial charge in [0.05, 0.1) is 44.1 Å². The minimum absolute atomic E-state index is 0.0241. The third kappa shape index (κ3) is 24.6. The molecule has 0 radical (unpaired) electrons. The van der Waals surface area contributed by atoms with Gasteiger partial charge in [-0.15, -0.1) is 0 Å². The fraction of sp³-hybridized carbons (Fsp3) is 0.750. The molecule has 0 aromatic carbocycles. The van der Waals surface area contributed by atoms with E-state index in [1.807, 2.05) is 6.92 Å². The Morgan fingerprint density at radius 2 is 1.46 bits per heavy atom. The molecule has 1 saturated heterocycles. The summed E-state index contributed by atoms with van der Waals surface area (Å²) in [6.45, 7) is 1.39. The molecule has 3 heterocycles. The molecule has 0 amide bonds. The van der Waals surface area contributed by atoms with Gasteiger partial charge in [0, 0.05) is 30.9 Å². The molecule has 0 spiro atoms. The maximum atomic E-state index is 13.3. The molecule has 12 atom stereocenters. The van der Waals surface area contributed by atoms with E-state index in [2.05, 4.69) is 28.4 Å². The molecule has 0 saturated carbocycles. The first kappa shape index (κ1) is 62.2. The number of rotatable bonds is 23. The molecule has 2 aliphatic heterocycles. The summed E-state index contributed by atoms with van der Waals surface area (Å²) in [5.74, 6) is -4.44. The smallest absolute Gasteiger partial charge is 0.461 e. The number of phosphoric acid groups is 2. The number of phosphoric ester groups is 2. The van der Waals surface area contributed by atoms with Crippen LogP contribution >= 0.6 is 15.6 Å². The molecule has 21 nitrogen and oxygen atoms in total. The Hall–Kier alpha value is -3.14. The van der Waals surface area contributed by atoms with Gasteiger partial charge in [-0.1, -0.05) is 121 Å². The second-order valence-electron chi connectivity index (χ2n) is 18.3. The highest BCUT2D eigenvalue weighted by Crippen LogP contribution is 2.60. The van der Waals surface area contributed by atoms with Gasteiger partial charge in [0.1, 0.15) is 30.9 Å². The topological polar surface area (TPSA) is 326 Å². The third-order valence-corrected chi connectivity index (χ3v) is 14.9. The molecule has 2 unspecified atom stereocenters. The van der Waals surface area contributed by atoms with Gasteiger partial charge in [-0.3, -0.25) is 23.2 Å². The lowest BCUT2D eigenvalue weighted by atomic mass is 9.82. The zero-order valence-electron chi connectivity index (χ0n) is 41.4. The van der Waals surface area contributed by atoms with E-state index in [-0.39, 0.29) is 25.1 Å². The van der Waals surface area contributed by atoms with Gasteiger partial charge < -0.3 is 55.3 Å². The maximum Gasteiger partial charge on any atom is 0.481 e. The van der Waals surface area contributed by atoms with E-state index in [1.165, 1.54) is 68.9 Å². The van der Waals surface area contributed by atoms with E-state index < -0.39 is 120 Å². The lowest BCUT2D eigenvalue weighted by molar-refractivity contribution is -0.194. The number of hydrogen-bond donors (Lipinski definition) is 8. The van der Waals surface area contributed by atoms with Crippen LogP contribution in [0.4, 0.5) is 5.82 Å². The summed E-state index contributed by atoms with van der Waals surface area (Å²) in [5, 5.41) is 57.3. The number of nitrogen functional groups attached to an aromatic ring is 1. The molecule has 1 fully saturated rings. The second kappa shape index (κ2) is 33.6. The van der Waals surface area contributed by atoms with Crippen LogP contribution in [-0.4, -0.2) is 119 Å². The summed E-state index contributed by atoms with van der Waals surface area (Å²) in [6, 6.07) is 1.22. The number of nitrogens with zero attached hydrogens (tertiary/aromatic N) is 2. The molecule has 3 rings (SSSR count). The number of hydrogen-bond acceptors (Lipinski definition) is 18. The molecule has 0 aliphatic carbocycles. The molecular formula is C48H81N3O18P2. The second-order valence-corrected chi connectivity index (χ2v) is 21.3. The van der Waals surface area contributed by atoms with Crippen molar-refractivity contribution < 1.29 is 81.6 Å². The van der Waals surface area contributed by atoms with Crippen molar-refractivity contribution in [1.82, 2.24) is 9.55 Å². The molecule has 2 bridgehead atoms. The number of cyclic esters (lactones) is 1. The lowest BCUT2D eigenvalue weighted by Gasteiger charge is -2.40. The maximum absolute atomic E-state index is 13.3. The van der Waals surface area contributed by atoms with Gasteiger partial charge in [0.2, 0.25) is 0 Å². The third-order valence-electron chi connectivity index (χ3n) is 12.3. The molecule has 406 valence electrons. The summed E-state index contributed by atoms with van der Waals surface area (Å²) in [7, 11) is -11.3. The number of aromatic nitrogens is 2. The number of aliphatic hydroxyl groups is 5. The van der Waals surface area contributed by atoms with Crippen LogP contribution in [0.25, 0.3) is 0 Å². The number of aliphatic hydroxyl groups excluding tert-OH is 5. The normalized spacial score (nSPS) is 30.8. The largest absolute Gasteiger partial charge is 0.481 e. The number of esters is 2. The number of carbonyl (C=O) groups excluding carboxylic acids is 2. The predicted octanol–water partition coefficient (Wildman–Crippen LogP) is 6.38. The molecule has 2 aliphatic rings. The van der Waals surface area contributed by atoms with Crippen LogP contribution in [0, 0.1) is 11.8 Å². The van der Waals surface area contributed by atoms with Crippen LogP contribution in [0.5, 0.6) is 0 Å². The van der Waals surface area contributed by atoms with E-state index in [9.17, 15) is 58.8 Å². The van der Waals surface area contributed by atoms with E-state index >= 15 is 0 Å². The van der Waals surface area contributed by atoms with Crippen molar-refractivity contribution in [2.24, 2.45) is 11.8 Å². The minimum atomic E-state index is -5.70. The molecule has 9 N–H and O–H groups in total. The average molecular weight is 1050 g/mol. The first-order chi connectivity index (χ1) is 33.9. The van der Waals surface area contributed by atoms with E-state index in [0.29, 0.717) is 19.3 Å². The summed E-state index contributed by atoms with van der Waals surface area (Å²) in [5.41, 5.74) is 4.73. The van der Waals surface area contributed by atoms with Crippen molar-refractivity contribution in [3.05, 3.63) is 59.2 Å². The predicted molar refractivity (Wildman–Crippen MR) is 263 cm³/mol. The molecule has 71 heavy (non-hydrogen) atoms. The van der Waals surface area contributed by atoms with Crippen LogP contribution in [0.2, 0.25) is 0 Å². The van der Waals surface area contributed by atoms with Crippen molar-refractivity contribution in [1.29, 1.82) is 0 Å². The lowest BCUT2D eigenvalue weighted by Crippen LogP contribution is -2.52. The zero-order chi connectivity index (χ0) is 52.2. The van der Waals surface area contributed by atoms with Crippen LogP contribution in [0.3, 0.4) is 0 Å². The summed E-state index contributed by atoms with van der Waals surface area (Å²) in [4.78, 5) is 64.2. The highest BCUT2D eigenvalue weighted by molar-refractivity contribution is 7.61. The Labute approximate surface area is 417 Å². The fourth-order valence-electron chi connectivity index (χ4n) is 8.21. The summed E-state index contributed by atoms with van der Waals surface area (Å²) >= 11 is 0. The van der Waals surface area contributed by atoms with Crippen LogP contribution < -0.4 is 11.4 Å². The Bertz CT molecular complexity index is 1950. The van der Waals surface area contributed by atoms with Gasteiger partial charge in [-0.2, -0.15) is 9.29 Å². The zero-order valence-corrected chi connectivity index (χ0v) is 43.1. The van der Waals surface area contributed by atoms with Gasteiger partial charge >= 0.3 is 33.3 Å². The van der Waals surface area contributed by atoms with E-state index in [1.54, 1.807) is 0 Å². The molecule has 1 aromatic rings. The quantitative estimate of drug-likeness (QED) is 0.0255. The Kier molecular flexibility index (Phi) is 29.4. The van der Waals surface area contributed by atoms with E-state index in [4.69, 9.17) is 29.0 Å². The van der Waals surface area contributed by atoms with Crippen LogP contribution in [0.15, 0.2) is 53.5 Å². The Morgan fingerprint density at radius 3 is 2.13 bits per heavy atom. The number of carbonyl (C=O) groups is 2. The first-order valence-electron chi connectivity index (χ1n) is 25.3. The van der Waals surface area contributed by atoms with Crippen molar-refractivity contribution in [3.8, 4) is 0 Å². The Morgan fingerprint density at radius 1 is 0.845 bits per heavy atom. The standard InChI is InChI=1S/C48H81N3O18P2/c1-3-5-7-8-9-10-11-12-13-14-15-16-17-18-20-26-44(56)67-36-32-64-43(55)25-22-21-24-38-40(54)31-39(53)37(28-27-35(52)23-19-6-4-2)45(57)46(58)41(34-66-71(62,63)69-70(60,61)65-33-36)68-47(38)51-30-29-42(49)50-48(51)59/h12-13,21-22,27-30,35-41,45-47,52-54,57-58H,3-11,14-20,23-26,31-34H2,1-2H3,(H,60,61)(H,62,63)(H2,49,50,59)/b13-12-,22-21-,28-27+/t35-,36-,37+,38-,39-,40+,41-,45+,46-,47-/m1/s1. The fourth-order valence-corrected chi connectivity index (χ4v) is 10.3. The SMILES string of the molecule is CCCCCCCC/C=C\CCCCCCCC(=O)O[C@@H]1COC(=O)C/C=C\C[C@H]2[C@H](n3ccc(N)nc3=O)O[C@H](COP(=O)(O)OP(=O)(O)OC1)[C@@H](O)[C@@H](O)[C@@H](/C=C/[C@H](O)CCCCC)[C@H](O)C[C@@H]2O. The van der Waals surface area contributed by atoms with Gasteiger partial charge in [0.25, 0.3) is 0 Å². The summed E-state index contributed by atoms with van der Waals surface area (Å²) in [6.07, 6.45) is 12.9. The number of allylic oxidation sites excluding steroid dienone is 3. The first-order valence-corrected chi connectivity index (χ1v) is 28.2. The number of nitrogens with two attached hydrogens (primary N) is 1. The Balaban J connectivity index is 1.81. The van der Waals surface area contributed by atoms with Gasteiger partial charge in [-0.25, -0.2) is 13.9 Å².